The van der Waals surface area contributed by atoms with Crippen LogP contribution in [0.3, 0.4) is 0 Å². The van der Waals surface area contributed by atoms with E-state index < -0.39 is 10.0 Å². The molecule has 2 aromatic rings. The number of carbonyl (C=O) groups excluding carboxylic acids is 1. The lowest BCUT2D eigenvalue weighted by atomic mass is 10.1. The Morgan fingerprint density at radius 3 is 2.08 bits per heavy atom. The van der Waals surface area contributed by atoms with Crippen LogP contribution in [-0.4, -0.2) is 32.7 Å². The summed E-state index contributed by atoms with van der Waals surface area (Å²) in [6.07, 6.45) is 0. The van der Waals surface area contributed by atoms with Crippen LogP contribution in [0.15, 0.2) is 53.4 Å². The van der Waals surface area contributed by atoms with Crippen LogP contribution in [0.1, 0.15) is 34.5 Å². The van der Waals surface area contributed by atoms with Gasteiger partial charge in [-0.2, -0.15) is 0 Å². The highest BCUT2D eigenvalue weighted by atomic mass is 35.5. The van der Waals surface area contributed by atoms with Gasteiger partial charge in [-0.05, 0) is 42.3 Å². The lowest BCUT2D eigenvalue weighted by Crippen LogP contribution is -2.27. The van der Waals surface area contributed by atoms with Crippen molar-refractivity contribution < 1.29 is 13.2 Å². The van der Waals surface area contributed by atoms with Crippen LogP contribution in [0, 0.1) is 0 Å². The zero-order valence-corrected chi connectivity index (χ0v) is 16.6. The predicted octanol–water partition coefficient (Wildman–Crippen LogP) is 2.31. The molecule has 0 saturated heterocycles. The van der Waals surface area contributed by atoms with Gasteiger partial charge in [-0.3, -0.25) is 4.79 Å². The highest BCUT2D eigenvalue weighted by Gasteiger charge is 2.18. The summed E-state index contributed by atoms with van der Waals surface area (Å²) in [5.41, 5.74) is 7.88. The molecule has 0 fully saturated rings. The molecule has 2 aromatic carbocycles. The van der Waals surface area contributed by atoms with E-state index in [1.54, 1.807) is 36.4 Å². The third-order valence-electron chi connectivity index (χ3n) is 3.96. The molecule has 0 aliphatic rings. The fraction of sp³-hybridized carbons (Fsp3) is 0.278. The Morgan fingerprint density at radius 1 is 1.08 bits per heavy atom. The van der Waals surface area contributed by atoms with Crippen molar-refractivity contribution in [3.05, 3.63) is 65.2 Å². The number of hydrogen-bond acceptors (Lipinski definition) is 4. The summed E-state index contributed by atoms with van der Waals surface area (Å²) < 4.78 is 25.3. The van der Waals surface area contributed by atoms with Gasteiger partial charge >= 0.3 is 0 Å². The Hall–Kier alpha value is -1.93. The molecule has 0 aliphatic carbocycles. The molecule has 0 aromatic heterocycles. The Balaban J connectivity index is 0.00000338. The largest absolute Gasteiger partial charge is 0.346 e. The minimum atomic E-state index is -3.46. The smallest absolute Gasteiger partial charge is 0.251 e. The molecule has 0 bridgehead atoms. The van der Waals surface area contributed by atoms with E-state index in [1.807, 2.05) is 19.1 Å². The van der Waals surface area contributed by atoms with E-state index in [2.05, 4.69) is 5.32 Å². The summed E-state index contributed by atoms with van der Waals surface area (Å²) in [4.78, 5) is 12.5. The highest BCUT2D eigenvalue weighted by molar-refractivity contribution is 7.89. The van der Waals surface area contributed by atoms with Gasteiger partial charge in [-0.15, -0.1) is 12.4 Å². The standard InChI is InChI=1S/C18H23N3O3S.ClH/c1-13(20-18(22)16-6-4-14(12-19)5-7-16)15-8-10-17(11-9-15)25(23,24)21(2)3;/h4-11,13H,12,19H2,1-3H3,(H,20,22);1H. The van der Waals surface area contributed by atoms with Gasteiger partial charge in [0, 0.05) is 26.2 Å². The van der Waals surface area contributed by atoms with Crippen LogP contribution in [0.2, 0.25) is 0 Å². The molecule has 26 heavy (non-hydrogen) atoms. The van der Waals surface area contributed by atoms with Gasteiger partial charge in [0.2, 0.25) is 10.0 Å². The fourth-order valence-corrected chi connectivity index (χ4v) is 3.20. The van der Waals surface area contributed by atoms with Gasteiger partial charge in [-0.25, -0.2) is 12.7 Å². The van der Waals surface area contributed by atoms with E-state index in [1.165, 1.54) is 14.1 Å². The third-order valence-corrected chi connectivity index (χ3v) is 5.79. The monoisotopic (exact) mass is 397 g/mol. The van der Waals surface area contributed by atoms with Crippen molar-refractivity contribution in [1.82, 2.24) is 9.62 Å². The van der Waals surface area contributed by atoms with Crippen molar-refractivity contribution in [3.63, 3.8) is 0 Å². The summed E-state index contributed by atoms with van der Waals surface area (Å²) in [5.74, 6) is -0.193. The molecule has 1 unspecified atom stereocenters. The van der Waals surface area contributed by atoms with Gasteiger partial charge < -0.3 is 11.1 Å². The molecule has 0 saturated carbocycles. The van der Waals surface area contributed by atoms with Crippen LogP contribution in [0.4, 0.5) is 0 Å². The van der Waals surface area contributed by atoms with E-state index in [4.69, 9.17) is 5.73 Å². The van der Waals surface area contributed by atoms with Gasteiger partial charge in [0.25, 0.3) is 5.91 Å². The van der Waals surface area contributed by atoms with Crippen molar-refractivity contribution in [2.24, 2.45) is 5.73 Å². The fourth-order valence-electron chi connectivity index (χ4n) is 2.29. The first-order valence-electron chi connectivity index (χ1n) is 7.88. The molecular formula is C18H24ClN3O3S. The maximum Gasteiger partial charge on any atom is 0.251 e. The van der Waals surface area contributed by atoms with E-state index in [9.17, 15) is 13.2 Å². The van der Waals surface area contributed by atoms with Crippen molar-refractivity contribution in [2.45, 2.75) is 24.4 Å². The lowest BCUT2D eigenvalue weighted by Gasteiger charge is -2.16. The third kappa shape index (κ3) is 5.04. The van der Waals surface area contributed by atoms with Crippen molar-refractivity contribution in [2.75, 3.05) is 14.1 Å². The molecule has 0 heterocycles. The van der Waals surface area contributed by atoms with Gasteiger partial charge in [0.1, 0.15) is 0 Å². The number of benzene rings is 2. The van der Waals surface area contributed by atoms with Crippen molar-refractivity contribution in [1.29, 1.82) is 0 Å². The maximum atomic E-state index is 12.3. The maximum absolute atomic E-state index is 12.3. The second kappa shape index (κ2) is 9.14. The first-order valence-corrected chi connectivity index (χ1v) is 9.32. The van der Waals surface area contributed by atoms with Crippen LogP contribution < -0.4 is 11.1 Å². The zero-order valence-electron chi connectivity index (χ0n) is 15.0. The van der Waals surface area contributed by atoms with Crippen LogP contribution in [0.25, 0.3) is 0 Å². The highest BCUT2D eigenvalue weighted by Crippen LogP contribution is 2.18. The second-order valence-corrected chi connectivity index (χ2v) is 8.10. The van der Waals surface area contributed by atoms with Gasteiger partial charge in [0.15, 0.2) is 0 Å². The number of halogens is 1. The van der Waals surface area contributed by atoms with Crippen LogP contribution >= 0.6 is 12.4 Å². The van der Waals surface area contributed by atoms with Crippen molar-refractivity contribution in [3.8, 4) is 0 Å². The quantitative estimate of drug-likeness (QED) is 0.782. The van der Waals surface area contributed by atoms with Gasteiger partial charge in [-0.1, -0.05) is 24.3 Å². The molecule has 142 valence electrons. The number of amides is 1. The minimum absolute atomic E-state index is 0. The molecule has 1 atom stereocenters. The molecule has 8 heteroatoms. The minimum Gasteiger partial charge on any atom is -0.346 e. The SMILES string of the molecule is CC(NC(=O)c1ccc(CN)cc1)c1ccc(S(=O)(=O)N(C)C)cc1.Cl. The first kappa shape index (κ1) is 22.1. The Kier molecular flexibility index (Phi) is 7.77. The predicted molar refractivity (Wildman–Crippen MR) is 105 cm³/mol. The molecule has 0 radical (unpaired) electrons. The summed E-state index contributed by atoms with van der Waals surface area (Å²) in [7, 11) is -0.480. The summed E-state index contributed by atoms with van der Waals surface area (Å²) >= 11 is 0. The lowest BCUT2D eigenvalue weighted by molar-refractivity contribution is 0.0940. The number of hydrogen-bond donors (Lipinski definition) is 2. The number of rotatable bonds is 6. The number of sulfonamides is 1. The summed E-state index contributed by atoms with van der Waals surface area (Å²) in [6.45, 7) is 2.28. The first-order chi connectivity index (χ1) is 11.8. The molecule has 1 amide bonds. The number of nitrogens with one attached hydrogen (secondary N) is 1. The summed E-state index contributed by atoms with van der Waals surface area (Å²) in [6, 6.07) is 13.4. The van der Waals surface area contributed by atoms with Crippen LogP contribution in [0.5, 0.6) is 0 Å². The normalized spacial score (nSPS) is 12.3. The average molecular weight is 398 g/mol. The van der Waals surface area contributed by atoms with E-state index >= 15 is 0 Å². The van der Waals surface area contributed by atoms with Crippen LogP contribution in [-0.2, 0) is 16.6 Å². The molecule has 0 spiro atoms. The molecule has 6 nitrogen and oxygen atoms in total. The molecule has 2 rings (SSSR count). The van der Waals surface area contributed by atoms with E-state index in [-0.39, 0.29) is 29.3 Å². The topological polar surface area (TPSA) is 92.5 Å². The Labute approximate surface area is 160 Å². The average Bonchev–Trinajstić information content (AvgIpc) is 2.61. The van der Waals surface area contributed by atoms with Crippen molar-refractivity contribution >= 4 is 28.3 Å². The molecule has 0 aliphatic heterocycles. The number of nitrogens with zero attached hydrogens (tertiary/aromatic N) is 1. The van der Waals surface area contributed by atoms with E-state index in [0.29, 0.717) is 12.1 Å². The summed E-state index contributed by atoms with van der Waals surface area (Å²) in [5, 5.41) is 2.90. The van der Waals surface area contributed by atoms with Gasteiger partial charge in [0.05, 0.1) is 10.9 Å². The number of carbonyl (C=O) groups is 1. The molecular weight excluding hydrogens is 374 g/mol. The molecule has 3 N–H and O–H groups in total. The zero-order chi connectivity index (χ0) is 18.6. The second-order valence-electron chi connectivity index (χ2n) is 5.95. The Morgan fingerprint density at radius 2 is 1.62 bits per heavy atom. The number of nitrogens with two attached hydrogens (primary N) is 1. The van der Waals surface area contributed by atoms with E-state index in [0.717, 1.165) is 15.4 Å². The Bertz CT molecular complexity index is 835.